The summed E-state index contributed by atoms with van der Waals surface area (Å²) < 4.78 is 0. The average Bonchev–Trinajstić information content (AvgIpc) is 3.07. The first-order valence-corrected chi connectivity index (χ1v) is 7.80. The molecule has 8 heteroatoms. The highest BCUT2D eigenvalue weighted by molar-refractivity contribution is 7.18. The predicted molar refractivity (Wildman–Crippen MR) is 83.6 cm³/mol. The molecular formula is C13H21N5O2S. The Morgan fingerprint density at radius 3 is 2.62 bits per heavy atom. The lowest BCUT2D eigenvalue weighted by molar-refractivity contribution is -0.129. The van der Waals surface area contributed by atoms with Crippen LogP contribution in [0.25, 0.3) is 0 Å². The first kappa shape index (κ1) is 15.6. The van der Waals surface area contributed by atoms with Crippen molar-refractivity contribution < 1.29 is 9.59 Å². The van der Waals surface area contributed by atoms with Crippen LogP contribution in [-0.4, -0.2) is 55.4 Å². The maximum absolute atomic E-state index is 12.0. The van der Waals surface area contributed by atoms with Gasteiger partial charge in [-0.15, -0.1) is 0 Å². The standard InChI is InChI=1S/C13H21N5O2S/c1-17(2)13-16-11(14)10(21-13)12(20)15-6-5-9(19)18-7-3-4-8-18/h3-8,14H2,1-2H3,(H,15,20). The number of anilines is 2. The molecular weight excluding hydrogens is 290 g/mol. The first-order chi connectivity index (χ1) is 9.99. The van der Waals surface area contributed by atoms with Crippen LogP contribution in [0.5, 0.6) is 0 Å². The molecule has 0 aliphatic carbocycles. The zero-order chi connectivity index (χ0) is 15.4. The van der Waals surface area contributed by atoms with Crippen molar-refractivity contribution >= 4 is 34.1 Å². The van der Waals surface area contributed by atoms with E-state index < -0.39 is 0 Å². The third kappa shape index (κ3) is 3.84. The van der Waals surface area contributed by atoms with Gasteiger partial charge in [-0.3, -0.25) is 9.59 Å². The summed E-state index contributed by atoms with van der Waals surface area (Å²) in [6, 6.07) is 0. The Bertz CT molecular complexity index is 523. The normalized spacial score (nSPS) is 14.3. The number of nitrogen functional groups attached to an aromatic ring is 1. The molecule has 0 saturated carbocycles. The molecule has 1 aromatic rings. The number of amides is 2. The summed E-state index contributed by atoms with van der Waals surface area (Å²) in [5.74, 6) is 0.0541. The fourth-order valence-corrected chi connectivity index (χ4v) is 2.99. The highest BCUT2D eigenvalue weighted by atomic mass is 32.1. The summed E-state index contributed by atoms with van der Waals surface area (Å²) in [5, 5.41) is 3.42. The molecule has 2 rings (SSSR count). The fourth-order valence-electron chi connectivity index (χ4n) is 2.16. The van der Waals surface area contributed by atoms with Crippen molar-refractivity contribution in [3.05, 3.63) is 4.88 Å². The van der Waals surface area contributed by atoms with Crippen LogP contribution in [0, 0.1) is 0 Å². The summed E-state index contributed by atoms with van der Waals surface area (Å²) in [4.78, 5) is 32.1. The monoisotopic (exact) mass is 311 g/mol. The molecule has 0 radical (unpaired) electrons. The second-order valence-electron chi connectivity index (χ2n) is 5.20. The molecule has 2 heterocycles. The van der Waals surface area contributed by atoms with Gasteiger partial charge in [-0.25, -0.2) is 4.98 Å². The van der Waals surface area contributed by atoms with Gasteiger partial charge in [0.25, 0.3) is 5.91 Å². The Labute approximate surface area is 128 Å². The smallest absolute Gasteiger partial charge is 0.265 e. The Hall–Kier alpha value is -1.83. The minimum atomic E-state index is -0.271. The lowest BCUT2D eigenvalue weighted by Crippen LogP contribution is -2.32. The second kappa shape index (κ2) is 6.75. The molecule has 0 bridgehead atoms. The lowest BCUT2D eigenvalue weighted by Gasteiger charge is -2.14. The highest BCUT2D eigenvalue weighted by Gasteiger charge is 2.19. The summed E-state index contributed by atoms with van der Waals surface area (Å²) in [6.07, 6.45) is 2.47. The van der Waals surface area contributed by atoms with E-state index in [1.54, 1.807) is 4.90 Å². The van der Waals surface area contributed by atoms with Gasteiger partial charge >= 0.3 is 0 Å². The number of rotatable bonds is 5. The van der Waals surface area contributed by atoms with Gasteiger partial charge in [0.15, 0.2) is 5.13 Å². The molecule has 1 saturated heterocycles. The molecule has 21 heavy (non-hydrogen) atoms. The van der Waals surface area contributed by atoms with Gasteiger partial charge in [0.05, 0.1) is 0 Å². The molecule has 0 unspecified atom stereocenters. The van der Waals surface area contributed by atoms with E-state index in [1.807, 2.05) is 19.0 Å². The van der Waals surface area contributed by atoms with Crippen LogP contribution >= 0.6 is 11.3 Å². The predicted octanol–water partition coefficient (Wildman–Crippen LogP) is 0.534. The molecule has 1 fully saturated rings. The van der Waals surface area contributed by atoms with Crippen LogP contribution in [0.3, 0.4) is 0 Å². The van der Waals surface area contributed by atoms with E-state index in [0.717, 1.165) is 25.9 Å². The molecule has 1 aromatic heterocycles. The summed E-state index contributed by atoms with van der Waals surface area (Å²) in [5.41, 5.74) is 5.75. The van der Waals surface area contributed by atoms with Crippen LogP contribution in [0.1, 0.15) is 28.9 Å². The Morgan fingerprint density at radius 2 is 2.05 bits per heavy atom. The molecule has 0 aromatic carbocycles. The van der Waals surface area contributed by atoms with Gasteiger partial charge in [0.1, 0.15) is 10.7 Å². The van der Waals surface area contributed by atoms with E-state index in [-0.39, 0.29) is 17.6 Å². The first-order valence-electron chi connectivity index (χ1n) is 6.98. The van der Waals surface area contributed by atoms with Crippen LogP contribution in [0.4, 0.5) is 10.9 Å². The average molecular weight is 311 g/mol. The van der Waals surface area contributed by atoms with E-state index in [0.29, 0.717) is 23.0 Å². The van der Waals surface area contributed by atoms with Gasteiger partial charge < -0.3 is 20.9 Å². The van der Waals surface area contributed by atoms with E-state index in [4.69, 9.17) is 5.73 Å². The quantitative estimate of drug-likeness (QED) is 0.828. The van der Waals surface area contributed by atoms with Crippen molar-refractivity contribution in [2.75, 3.05) is 44.4 Å². The van der Waals surface area contributed by atoms with Crippen molar-refractivity contribution in [2.45, 2.75) is 19.3 Å². The zero-order valence-electron chi connectivity index (χ0n) is 12.4. The maximum Gasteiger partial charge on any atom is 0.265 e. The molecule has 1 aliphatic rings. The van der Waals surface area contributed by atoms with Crippen molar-refractivity contribution in [2.24, 2.45) is 0 Å². The summed E-state index contributed by atoms with van der Waals surface area (Å²) >= 11 is 1.24. The van der Waals surface area contributed by atoms with Gasteiger partial charge in [-0.05, 0) is 12.8 Å². The van der Waals surface area contributed by atoms with Crippen molar-refractivity contribution in [1.82, 2.24) is 15.2 Å². The van der Waals surface area contributed by atoms with Gasteiger partial charge in [-0.2, -0.15) is 0 Å². The van der Waals surface area contributed by atoms with Gasteiger partial charge in [-0.1, -0.05) is 11.3 Å². The van der Waals surface area contributed by atoms with Crippen LogP contribution < -0.4 is 16.0 Å². The number of nitrogens with one attached hydrogen (secondary N) is 1. The number of thiazole rings is 1. The minimum absolute atomic E-state index is 0.0963. The SMILES string of the molecule is CN(C)c1nc(N)c(C(=O)NCCC(=O)N2CCCC2)s1. The summed E-state index contributed by atoms with van der Waals surface area (Å²) in [7, 11) is 3.68. The topological polar surface area (TPSA) is 91.6 Å². The number of likely N-dealkylation sites (tertiary alicyclic amines) is 1. The van der Waals surface area contributed by atoms with E-state index in [9.17, 15) is 9.59 Å². The molecule has 116 valence electrons. The number of carbonyl (C=O) groups is 2. The highest BCUT2D eigenvalue weighted by Crippen LogP contribution is 2.26. The largest absolute Gasteiger partial charge is 0.382 e. The van der Waals surface area contributed by atoms with E-state index in [2.05, 4.69) is 10.3 Å². The van der Waals surface area contributed by atoms with Crippen LogP contribution in [0.2, 0.25) is 0 Å². The Kier molecular flexibility index (Phi) is 5.00. The van der Waals surface area contributed by atoms with Crippen molar-refractivity contribution in [3.8, 4) is 0 Å². The van der Waals surface area contributed by atoms with Crippen molar-refractivity contribution in [3.63, 3.8) is 0 Å². The number of hydrogen-bond donors (Lipinski definition) is 2. The van der Waals surface area contributed by atoms with Gasteiger partial charge in [0.2, 0.25) is 5.91 Å². The number of nitrogens with zero attached hydrogens (tertiary/aromatic N) is 3. The Balaban J connectivity index is 1.83. The number of aromatic nitrogens is 1. The third-order valence-corrected chi connectivity index (χ3v) is 4.55. The van der Waals surface area contributed by atoms with E-state index >= 15 is 0 Å². The maximum atomic E-state index is 12.0. The number of carbonyl (C=O) groups excluding carboxylic acids is 2. The van der Waals surface area contributed by atoms with Gasteiger partial charge in [0, 0.05) is 40.2 Å². The molecule has 3 N–H and O–H groups in total. The van der Waals surface area contributed by atoms with Crippen LogP contribution in [0.15, 0.2) is 0 Å². The Morgan fingerprint density at radius 1 is 1.38 bits per heavy atom. The zero-order valence-corrected chi connectivity index (χ0v) is 13.2. The van der Waals surface area contributed by atoms with Crippen LogP contribution in [-0.2, 0) is 4.79 Å². The number of hydrogen-bond acceptors (Lipinski definition) is 6. The minimum Gasteiger partial charge on any atom is -0.382 e. The molecule has 2 amide bonds. The molecule has 1 aliphatic heterocycles. The lowest BCUT2D eigenvalue weighted by atomic mass is 10.3. The summed E-state index contributed by atoms with van der Waals surface area (Å²) in [6.45, 7) is 1.99. The fraction of sp³-hybridized carbons (Fsp3) is 0.615. The number of nitrogens with two attached hydrogens (primary N) is 1. The second-order valence-corrected chi connectivity index (χ2v) is 6.18. The molecule has 0 spiro atoms. The third-order valence-electron chi connectivity index (χ3n) is 3.31. The molecule has 7 nitrogen and oxygen atoms in total. The van der Waals surface area contributed by atoms with Crippen molar-refractivity contribution in [1.29, 1.82) is 0 Å². The van der Waals surface area contributed by atoms with E-state index in [1.165, 1.54) is 11.3 Å². The molecule has 0 atom stereocenters.